The summed E-state index contributed by atoms with van der Waals surface area (Å²) in [4.78, 5) is 0. The molecule has 0 aliphatic carbocycles. The van der Waals surface area contributed by atoms with Crippen LogP contribution in [0.15, 0.2) is 48.5 Å². The lowest BCUT2D eigenvalue weighted by Gasteiger charge is -2.00. The van der Waals surface area contributed by atoms with E-state index in [1.54, 1.807) is 0 Å². The topological polar surface area (TPSA) is 249 Å². The van der Waals surface area contributed by atoms with Gasteiger partial charge < -0.3 is 21.7 Å². The number of hydrogen-bond donors (Lipinski definition) is 8. The van der Waals surface area contributed by atoms with Crippen molar-refractivity contribution in [1.29, 1.82) is 10.8 Å². The van der Waals surface area contributed by atoms with Gasteiger partial charge in [0.15, 0.2) is 0 Å². The first kappa shape index (κ1) is 30.9. The molecule has 0 aromatic heterocycles. The van der Waals surface area contributed by atoms with Crippen molar-refractivity contribution in [2.24, 2.45) is 11.5 Å². The molecule has 2 rings (SSSR count). The zero-order valence-corrected chi connectivity index (χ0v) is 19.6. The molecule has 2 aromatic carbocycles. The van der Waals surface area contributed by atoms with Gasteiger partial charge in [-0.2, -0.15) is 16.8 Å². The highest BCUT2D eigenvalue weighted by molar-refractivity contribution is 7.86. The van der Waals surface area contributed by atoms with Crippen LogP contribution in [0.5, 0.6) is 0 Å². The highest BCUT2D eigenvalue weighted by Gasteiger charge is 2.00. The van der Waals surface area contributed by atoms with E-state index >= 15 is 0 Å². The molecule has 0 bridgehead atoms. The molecule has 10 N–H and O–H groups in total. The molecule has 0 radical (unpaired) electrons. The minimum Gasteiger partial charge on any atom is -0.395 e. The van der Waals surface area contributed by atoms with Gasteiger partial charge in [-0.1, -0.05) is 60.7 Å². The maximum Gasteiger partial charge on any atom is 0.267 e. The molecular formula is C20H28N4O8S2. The highest BCUT2D eigenvalue weighted by atomic mass is 32.2. The van der Waals surface area contributed by atoms with Crippen molar-refractivity contribution in [1.82, 2.24) is 0 Å². The number of benzene rings is 2. The zero-order valence-electron chi connectivity index (χ0n) is 18.0. The van der Waals surface area contributed by atoms with E-state index in [0.29, 0.717) is 11.1 Å². The predicted molar refractivity (Wildman–Crippen MR) is 131 cm³/mol. The lowest BCUT2D eigenvalue weighted by molar-refractivity contribution is 0.314. The molecule has 0 heterocycles. The van der Waals surface area contributed by atoms with Crippen molar-refractivity contribution in [3.63, 3.8) is 0 Å². The Bertz CT molecular complexity index is 1070. The third-order valence-corrected chi connectivity index (χ3v) is 5.01. The average molecular weight is 517 g/mol. The van der Waals surface area contributed by atoms with E-state index in [4.69, 9.17) is 41.6 Å². The average Bonchev–Trinajstić information content (AvgIpc) is 2.72. The molecule has 2 aromatic rings. The number of aliphatic hydroxyl groups excluding tert-OH is 2. The molecule has 34 heavy (non-hydrogen) atoms. The number of aliphatic hydroxyl groups is 2. The second kappa shape index (κ2) is 14.9. The van der Waals surface area contributed by atoms with Gasteiger partial charge in [0.25, 0.3) is 20.2 Å². The van der Waals surface area contributed by atoms with Gasteiger partial charge in [0, 0.05) is 11.1 Å². The number of nitrogen functional groups attached to an aromatic ring is 2. The molecule has 0 aliphatic heterocycles. The second-order valence-electron chi connectivity index (χ2n) is 6.42. The largest absolute Gasteiger partial charge is 0.395 e. The number of nitrogens with two attached hydrogens (primary N) is 2. The third kappa shape index (κ3) is 15.6. The molecule has 14 heteroatoms. The fourth-order valence-corrected chi connectivity index (χ4v) is 2.43. The summed E-state index contributed by atoms with van der Waals surface area (Å²) in [6.07, 6.45) is 3.96. The Balaban J connectivity index is 0.000000642. The van der Waals surface area contributed by atoms with Crippen molar-refractivity contribution < 1.29 is 36.2 Å². The summed E-state index contributed by atoms with van der Waals surface area (Å²) in [5.74, 6) is -1.01. The molecule has 0 fully saturated rings. The summed E-state index contributed by atoms with van der Waals surface area (Å²) in [6, 6.07) is 14.9. The number of hydrogen-bond acceptors (Lipinski definition) is 8. The monoisotopic (exact) mass is 516 g/mol. The fourth-order valence-electron chi connectivity index (χ4n) is 1.97. The number of amidine groups is 2. The van der Waals surface area contributed by atoms with Gasteiger partial charge in [0.05, 0.1) is 24.7 Å². The first-order chi connectivity index (χ1) is 15.7. The zero-order chi connectivity index (χ0) is 26.4. The van der Waals surface area contributed by atoms with Crippen molar-refractivity contribution in [3.05, 3.63) is 70.8 Å². The van der Waals surface area contributed by atoms with Crippen LogP contribution in [0.4, 0.5) is 0 Å². The van der Waals surface area contributed by atoms with Gasteiger partial charge in [-0.15, -0.1) is 0 Å². The van der Waals surface area contributed by atoms with E-state index in [1.807, 2.05) is 60.7 Å². The molecule has 12 nitrogen and oxygen atoms in total. The quantitative estimate of drug-likeness (QED) is 0.102. The smallest absolute Gasteiger partial charge is 0.267 e. The molecule has 188 valence electrons. The Hall–Kier alpha value is -3.14. The summed E-state index contributed by atoms with van der Waals surface area (Å²) >= 11 is 0. The summed E-state index contributed by atoms with van der Waals surface area (Å²) < 4.78 is 54.2. The minimum atomic E-state index is -3.92. The van der Waals surface area contributed by atoms with Crippen LogP contribution in [0, 0.1) is 10.8 Å². The molecular weight excluding hydrogens is 488 g/mol. The molecule has 0 saturated carbocycles. The minimum absolute atomic E-state index is 0.0698. The first-order valence-electron chi connectivity index (χ1n) is 9.37. The third-order valence-electron chi connectivity index (χ3n) is 3.61. The molecule has 0 aliphatic rings. The van der Waals surface area contributed by atoms with E-state index in [1.165, 1.54) is 0 Å². The van der Waals surface area contributed by atoms with Gasteiger partial charge in [-0.25, -0.2) is 0 Å². The Kier molecular flexibility index (Phi) is 13.5. The summed E-state index contributed by atoms with van der Waals surface area (Å²) in [6.45, 7) is -1.06. The maximum atomic E-state index is 9.63. The summed E-state index contributed by atoms with van der Waals surface area (Å²) in [5.41, 5.74) is 14.3. The van der Waals surface area contributed by atoms with E-state index in [2.05, 4.69) is 0 Å². The Morgan fingerprint density at radius 2 is 0.941 bits per heavy atom. The van der Waals surface area contributed by atoms with Crippen LogP contribution in [0.1, 0.15) is 22.3 Å². The normalized spacial score (nSPS) is 11.1. The molecule has 0 atom stereocenters. The lowest BCUT2D eigenvalue weighted by Crippen LogP contribution is -2.10. The highest BCUT2D eigenvalue weighted by Crippen LogP contribution is 2.11. The van der Waals surface area contributed by atoms with Gasteiger partial charge in [-0.05, 0) is 11.1 Å². The lowest BCUT2D eigenvalue weighted by atomic mass is 10.1. The van der Waals surface area contributed by atoms with Crippen LogP contribution in [0.3, 0.4) is 0 Å². The van der Waals surface area contributed by atoms with E-state index in [0.717, 1.165) is 11.1 Å². The molecule has 0 unspecified atom stereocenters. The molecule has 0 saturated heterocycles. The Labute approximate surface area is 198 Å². The second-order valence-corrected chi connectivity index (χ2v) is 9.57. The summed E-state index contributed by atoms with van der Waals surface area (Å²) in [7, 11) is -7.85. The van der Waals surface area contributed by atoms with E-state index < -0.39 is 45.0 Å². The standard InChI is InChI=1S/C16H16N4.2C2H6O4S/c17-15(18)13-7-3-11(4-8-13)1-2-12-5-9-14(10-6-12)16(19)20;2*3-1-2-7(4,5)6/h1-10H,(H3,17,18)(H3,19,20);2*3H,1-2H2,(H,4,5,6)/b2-1+;;. The van der Waals surface area contributed by atoms with Gasteiger partial charge in [-0.3, -0.25) is 19.9 Å². The van der Waals surface area contributed by atoms with Crippen molar-refractivity contribution in [3.8, 4) is 0 Å². The van der Waals surface area contributed by atoms with E-state index in [-0.39, 0.29) is 11.7 Å². The van der Waals surface area contributed by atoms with Crippen LogP contribution < -0.4 is 11.5 Å². The Morgan fingerprint density at radius 1 is 0.676 bits per heavy atom. The fraction of sp³-hybridized carbons (Fsp3) is 0.200. The van der Waals surface area contributed by atoms with Crippen molar-refractivity contribution >= 4 is 44.1 Å². The van der Waals surface area contributed by atoms with Crippen LogP contribution in [0.2, 0.25) is 0 Å². The van der Waals surface area contributed by atoms with Crippen LogP contribution in [-0.4, -0.2) is 72.5 Å². The van der Waals surface area contributed by atoms with Crippen molar-refractivity contribution in [2.75, 3.05) is 24.7 Å². The predicted octanol–water partition coefficient (Wildman–Crippen LogP) is 0.158. The molecule has 0 spiro atoms. The van der Waals surface area contributed by atoms with Gasteiger partial charge >= 0.3 is 0 Å². The first-order valence-corrected chi connectivity index (χ1v) is 12.6. The van der Waals surface area contributed by atoms with Crippen LogP contribution >= 0.6 is 0 Å². The summed E-state index contributed by atoms with van der Waals surface area (Å²) in [5, 5.41) is 30.4. The van der Waals surface area contributed by atoms with E-state index in [9.17, 15) is 16.8 Å². The Morgan fingerprint density at radius 3 is 1.09 bits per heavy atom. The maximum absolute atomic E-state index is 9.63. The van der Waals surface area contributed by atoms with Gasteiger partial charge in [0.1, 0.15) is 11.7 Å². The SMILES string of the molecule is N=C(N)c1ccc(/C=C/c2ccc(C(=N)N)cc2)cc1.O=S(=O)(O)CCO.O=S(=O)(O)CCO. The van der Waals surface area contributed by atoms with Crippen LogP contribution in [-0.2, 0) is 20.2 Å². The van der Waals surface area contributed by atoms with Gasteiger partial charge in [0.2, 0.25) is 0 Å². The molecule has 0 amide bonds. The number of rotatable bonds is 8. The van der Waals surface area contributed by atoms with Crippen LogP contribution in [0.25, 0.3) is 12.2 Å². The van der Waals surface area contributed by atoms with Crippen molar-refractivity contribution in [2.45, 2.75) is 0 Å². The number of nitrogens with one attached hydrogen (secondary N) is 2.